The van der Waals surface area contributed by atoms with Crippen molar-refractivity contribution in [3.8, 4) is 0 Å². The Kier molecular flexibility index (Phi) is 7.48. The van der Waals surface area contributed by atoms with E-state index >= 15 is 0 Å². The topological polar surface area (TPSA) is 69.6 Å². The Morgan fingerprint density at radius 2 is 2.00 bits per heavy atom. The van der Waals surface area contributed by atoms with Gasteiger partial charge in [-0.2, -0.15) is 0 Å². The molecule has 2 amide bonds. The molecule has 5 heteroatoms. The maximum atomic E-state index is 11.9. The van der Waals surface area contributed by atoms with Crippen molar-refractivity contribution in [2.75, 3.05) is 26.2 Å². The highest BCUT2D eigenvalue weighted by atomic mass is 16.3. The first-order valence-electron chi connectivity index (χ1n) is 7.35. The summed E-state index contributed by atoms with van der Waals surface area (Å²) in [6.45, 7) is 3.68. The summed E-state index contributed by atoms with van der Waals surface area (Å²) in [5, 5.41) is 11.6. The molecule has 0 bridgehead atoms. The predicted molar refractivity (Wildman–Crippen MR) is 73.5 cm³/mol. The molecule has 0 heterocycles. The molecule has 1 aliphatic rings. The number of hydrogen-bond donors (Lipinski definition) is 2. The van der Waals surface area contributed by atoms with Crippen molar-refractivity contribution in [2.45, 2.75) is 45.4 Å². The van der Waals surface area contributed by atoms with Gasteiger partial charge in [0.25, 0.3) is 0 Å². The Morgan fingerprint density at radius 1 is 1.32 bits per heavy atom. The molecular weight excluding hydrogens is 244 g/mol. The van der Waals surface area contributed by atoms with Crippen molar-refractivity contribution < 1.29 is 14.7 Å². The molecule has 0 unspecified atom stereocenters. The maximum Gasteiger partial charge on any atom is 0.224 e. The number of carbonyl (C=O) groups excluding carboxylic acids is 2. The van der Waals surface area contributed by atoms with Crippen LogP contribution in [0.15, 0.2) is 0 Å². The van der Waals surface area contributed by atoms with Crippen molar-refractivity contribution in [3.05, 3.63) is 0 Å². The van der Waals surface area contributed by atoms with Gasteiger partial charge in [-0.25, -0.2) is 0 Å². The van der Waals surface area contributed by atoms with Crippen LogP contribution in [0.3, 0.4) is 0 Å². The molecule has 0 aromatic carbocycles. The van der Waals surface area contributed by atoms with Crippen LogP contribution in [0.1, 0.15) is 45.4 Å². The van der Waals surface area contributed by atoms with Gasteiger partial charge < -0.3 is 15.3 Å². The highest BCUT2D eigenvalue weighted by Crippen LogP contribution is 2.24. The minimum atomic E-state index is 0.0441. The summed E-state index contributed by atoms with van der Waals surface area (Å²) in [5.74, 6) is 0.304. The third-order valence-corrected chi connectivity index (χ3v) is 3.68. The summed E-state index contributed by atoms with van der Waals surface area (Å²) in [6.07, 6.45) is 5.20. The third kappa shape index (κ3) is 5.59. The fraction of sp³-hybridized carbons (Fsp3) is 0.857. The van der Waals surface area contributed by atoms with Gasteiger partial charge in [0.1, 0.15) is 0 Å². The first-order chi connectivity index (χ1) is 9.19. The standard InChI is InChI=1S/C14H26N2O3/c1-2-16(10-5-11-17)13(18)8-9-15-14(19)12-6-3-4-7-12/h12,17H,2-11H2,1H3,(H,15,19). The van der Waals surface area contributed by atoms with Crippen LogP contribution < -0.4 is 5.32 Å². The van der Waals surface area contributed by atoms with Crippen LogP contribution in [0.4, 0.5) is 0 Å². The van der Waals surface area contributed by atoms with Gasteiger partial charge in [-0.15, -0.1) is 0 Å². The largest absolute Gasteiger partial charge is 0.396 e. The van der Waals surface area contributed by atoms with Gasteiger partial charge in [0, 0.05) is 38.6 Å². The fourth-order valence-electron chi connectivity index (χ4n) is 2.50. The van der Waals surface area contributed by atoms with E-state index in [0.29, 0.717) is 32.5 Å². The summed E-state index contributed by atoms with van der Waals surface area (Å²) in [7, 11) is 0. The first-order valence-corrected chi connectivity index (χ1v) is 7.35. The highest BCUT2D eigenvalue weighted by Gasteiger charge is 2.22. The number of hydrogen-bond acceptors (Lipinski definition) is 3. The lowest BCUT2D eigenvalue weighted by molar-refractivity contribution is -0.131. The Balaban J connectivity index is 2.19. The molecule has 19 heavy (non-hydrogen) atoms. The second-order valence-corrected chi connectivity index (χ2v) is 5.07. The molecule has 0 atom stereocenters. The minimum absolute atomic E-state index is 0.0441. The van der Waals surface area contributed by atoms with Crippen molar-refractivity contribution in [1.82, 2.24) is 10.2 Å². The zero-order valence-electron chi connectivity index (χ0n) is 11.9. The summed E-state index contributed by atoms with van der Waals surface area (Å²) < 4.78 is 0. The Hall–Kier alpha value is -1.10. The fourth-order valence-corrected chi connectivity index (χ4v) is 2.50. The second kappa shape index (κ2) is 8.91. The maximum absolute atomic E-state index is 11.9. The number of nitrogens with one attached hydrogen (secondary N) is 1. The van der Waals surface area contributed by atoms with Crippen molar-refractivity contribution >= 4 is 11.8 Å². The Labute approximate surface area is 115 Å². The molecule has 1 aliphatic carbocycles. The van der Waals surface area contributed by atoms with Gasteiger partial charge in [0.2, 0.25) is 11.8 Å². The van der Waals surface area contributed by atoms with E-state index in [4.69, 9.17) is 5.11 Å². The molecule has 0 saturated heterocycles. The Bertz CT molecular complexity index is 288. The predicted octanol–water partition coefficient (Wildman–Crippen LogP) is 0.914. The molecule has 0 radical (unpaired) electrons. The average molecular weight is 270 g/mol. The van der Waals surface area contributed by atoms with Gasteiger partial charge >= 0.3 is 0 Å². The number of carbonyl (C=O) groups is 2. The van der Waals surface area contributed by atoms with Crippen LogP contribution in [-0.2, 0) is 9.59 Å². The second-order valence-electron chi connectivity index (χ2n) is 5.07. The lowest BCUT2D eigenvalue weighted by Gasteiger charge is -2.20. The van der Waals surface area contributed by atoms with E-state index in [0.717, 1.165) is 25.7 Å². The van der Waals surface area contributed by atoms with Gasteiger partial charge in [-0.05, 0) is 26.2 Å². The molecule has 1 fully saturated rings. The summed E-state index contributed by atoms with van der Waals surface area (Å²) >= 11 is 0. The number of nitrogens with zero attached hydrogens (tertiary/aromatic N) is 1. The van der Waals surface area contributed by atoms with Crippen LogP contribution in [0.2, 0.25) is 0 Å². The summed E-state index contributed by atoms with van der Waals surface area (Å²) in [4.78, 5) is 25.4. The van der Waals surface area contributed by atoms with Crippen molar-refractivity contribution in [3.63, 3.8) is 0 Å². The summed E-state index contributed by atoms with van der Waals surface area (Å²) in [6, 6.07) is 0. The molecule has 0 aliphatic heterocycles. The van der Waals surface area contributed by atoms with E-state index < -0.39 is 0 Å². The van der Waals surface area contributed by atoms with E-state index in [2.05, 4.69) is 5.32 Å². The first kappa shape index (κ1) is 16.0. The molecule has 5 nitrogen and oxygen atoms in total. The zero-order valence-corrected chi connectivity index (χ0v) is 11.9. The molecule has 1 rings (SSSR count). The van der Waals surface area contributed by atoms with Crippen LogP contribution in [0.25, 0.3) is 0 Å². The van der Waals surface area contributed by atoms with Gasteiger partial charge in [-0.1, -0.05) is 12.8 Å². The van der Waals surface area contributed by atoms with Gasteiger partial charge in [-0.3, -0.25) is 9.59 Å². The molecule has 0 aromatic rings. The van der Waals surface area contributed by atoms with E-state index in [-0.39, 0.29) is 24.3 Å². The normalized spacial score (nSPS) is 15.5. The van der Waals surface area contributed by atoms with Crippen molar-refractivity contribution in [1.29, 1.82) is 0 Å². The monoisotopic (exact) mass is 270 g/mol. The van der Waals surface area contributed by atoms with Crippen LogP contribution >= 0.6 is 0 Å². The molecule has 110 valence electrons. The van der Waals surface area contributed by atoms with E-state index in [9.17, 15) is 9.59 Å². The quantitative estimate of drug-likeness (QED) is 0.689. The minimum Gasteiger partial charge on any atom is -0.396 e. The van der Waals surface area contributed by atoms with E-state index in [1.807, 2.05) is 6.92 Å². The lowest BCUT2D eigenvalue weighted by atomic mass is 10.1. The zero-order chi connectivity index (χ0) is 14.1. The van der Waals surface area contributed by atoms with Gasteiger partial charge in [0.05, 0.1) is 0 Å². The van der Waals surface area contributed by atoms with Gasteiger partial charge in [0.15, 0.2) is 0 Å². The van der Waals surface area contributed by atoms with Crippen LogP contribution in [-0.4, -0.2) is 48.1 Å². The molecule has 0 spiro atoms. The molecular formula is C14H26N2O3. The lowest BCUT2D eigenvalue weighted by Crippen LogP contribution is -2.36. The number of amides is 2. The number of aliphatic hydroxyl groups excluding tert-OH is 1. The number of aliphatic hydroxyl groups is 1. The Morgan fingerprint density at radius 3 is 2.58 bits per heavy atom. The molecule has 0 aromatic heterocycles. The SMILES string of the molecule is CCN(CCCO)C(=O)CCNC(=O)C1CCCC1. The highest BCUT2D eigenvalue weighted by molar-refractivity contribution is 5.80. The smallest absolute Gasteiger partial charge is 0.224 e. The average Bonchev–Trinajstić information content (AvgIpc) is 2.93. The molecule has 1 saturated carbocycles. The van der Waals surface area contributed by atoms with Crippen molar-refractivity contribution in [2.24, 2.45) is 5.92 Å². The van der Waals surface area contributed by atoms with Crippen LogP contribution in [0, 0.1) is 5.92 Å². The third-order valence-electron chi connectivity index (χ3n) is 3.68. The molecule has 2 N–H and O–H groups in total. The number of rotatable bonds is 8. The van der Waals surface area contributed by atoms with E-state index in [1.165, 1.54) is 0 Å². The van der Waals surface area contributed by atoms with E-state index in [1.54, 1.807) is 4.90 Å². The summed E-state index contributed by atoms with van der Waals surface area (Å²) in [5.41, 5.74) is 0. The van der Waals surface area contributed by atoms with Crippen LogP contribution in [0.5, 0.6) is 0 Å².